The van der Waals surface area contributed by atoms with Gasteiger partial charge in [-0.2, -0.15) is 0 Å². The van der Waals surface area contributed by atoms with Crippen LogP contribution in [0.3, 0.4) is 0 Å². The second-order valence-electron chi connectivity index (χ2n) is 3.49. The summed E-state index contributed by atoms with van der Waals surface area (Å²) in [5.41, 5.74) is 0. The van der Waals surface area contributed by atoms with E-state index in [0.29, 0.717) is 6.10 Å². The van der Waals surface area contributed by atoms with Gasteiger partial charge in [0, 0.05) is 0 Å². The Hall–Kier alpha value is -0.660. The van der Waals surface area contributed by atoms with E-state index in [1.54, 1.807) is 6.26 Å². The molecule has 0 bridgehead atoms. The Balaban J connectivity index is 1.98. The monoisotopic (exact) mass is 184 g/mol. The Bertz CT molecular complexity index is 163. The lowest BCUT2D eigenvalue weighted by Crippen LogP contribution is -1.85. The summed E-state index contributed by atoms with van der Waals surface area (Å²) in [7, 11) is 0. The lowest BCUT2D eigenvalue weighted by molar-refractivity contribution is 0.244. The number of epoxide rings is 1. The smallest absolute Gasteiger partial charge is 0.172 e. The lowest BCUT2D eigenvalue weighted by Gasteiger charge is -1.92. The minimum Gasteiger partial charge on any atom is -0.498 e. The van der Waals surface area contributed by atoms with Gasteiger partial charge in [0.15, 0.2) is 11.9 Å². The van der Waals surface area contributed by atoms with Crippen LogP contribution in [-0.2, 0) is 9.47 Å². The average molecular weight is 184 g/mol. The Morgan fingerprint density at radius 2 is 2.15 bits per heavy atom. The van der Waals surface area contributed by atoms with Gasteiger partial charge in [0.05, 0.1) is 6.61 Å². The van der Waals surface area contributed by atoms with Crippen molar-refractivity contribution < 1.29 is 9.47 Å². The highest BCUT2D eigenvalue weighted by Gasteiger charge is 2.32. The molecule has 1 aliphatic heterocycles. The van der Waals surface area contributed by atoms with E-state index < -0.39 is 0 Å². The first-order valence-electron chi connectivity index (χ1n) is 5.36. The molecule has 2 heteroatoms. The lowest BCUT2D eigenvalue weighted by atomic mass is 10.1. The molecule has 76 valence electrons. The average Bonchev–Trinajstić information content (AvgIpc) is 2.85. The molecular weight excluding hydrogens is 164 g/mol. The molecule has 13 heavy (non-hydrogen) atoms. The van der Waals surface area contributed by atoms with Crippen molar-refractivity contribution in [3.8, 4) is 0 Å². The number of hydrogen-bond acceptors (Lipinski definition) is 2. The van der Waals surface area contributed by atoms with E-state index in [9.17, 15) is 0 Å². The normalized spacial score (nSPS) is 22.9. The van der Waals surface area contributed by atoms with Gasteiger partial charge < -0.3 is 9.47 Å². The van der Waals surface area contributed by atoms with Crippen molar-refractivity contribution in [2.75, 3.05) is 6.61 Å². The van der Waals surface area contributed by atoms with E-state index in [4.69, 9.17) is 9.47 Å². The number of hydrogen-bond donors (Lipinski definition) is 0. The van der Waals surface area contributed by atoms with Crippen LogP contribution in [0.15, 0.2) is 12.0 Å². The predicted molar refractivity (Wildman–Crippen MR) is 53.3 cm³/mol. The van der Waals surface area contributed by atoms with Crippen molar-refractivity contribution in [1.82, 2.24) is 0 Å². The molecule has 1 unspecified atom stereocenters. The van der Waals surface area contributed by atoms with E-state index in [1.165, 1.54) is 19.3 Å². The first-order valence-corrected chi connectivity index (χ1v) is 5.36. The molecule has 1 rings (SSSR count). The molecule has 0 aliphatic carbocycles. The summed E-state index contributed by atoms with van der Waals surface area (Å²) >= 11 is 0. The van der Waals surface area contributed by atoms with Gasteiger partial charge in [0.1, 0.15) is 6.26 Å². The van der Waals surface area contributed by atoms with Gasteiger partial charge in [0.25, 0.3) is 0 Å². The molecule has 0 aromatic carbocycles. The number of unbranched alkanes of at least 4 members (excludes halogenated alkanes) is 2. The Morgan fingerprint density at radius 1 is 1.31 bits per heavy atom. The van der Waals surface area contributed by atoms with Crippen LogP contribution in [0.1, 0.15) is 46.0 Å². The van der Waals surface area contributed by atoms with Gasteiger partial charge in [-0.05, 0) is 19.3 Å². The van der Waals surface area contributed by atoms with Crippen LogP contribution in [0.2, 0.25) is 0 Å². The van der Waals surface area contributed by atoms with E-state index in [2.05, 4.69) is 13.8 Å². The van der Waals surface area contributed by atoms with Crippen LogP contribution in [0.4, 0.5) is 0 Å². The molecule has 0 spiro atoms. The molecule has 1 atom stereocenters. The summed E-state index contributed by atoms with van der Waals surface area (Å²) in [6.07, 6.45) is 8.23. The van der Waals surface area contributed by atoms with Gasteiger partial charge in [-0.25, -0.2) is 0 Å². The Kier molecular flexibility index (Phi) is 4.73. The minimum atomic E-state index is 0.378. The molecule has 0 saturated carbocycles. The van der Waals surface area contributed by atoms with Gasteiger partial charge >= 0.3 is 0 Å². The molecule has 0 aromatic rings. The van der Waals surface area contributed by atoms with E-state index >= 15 is 0 Å². The molecule has 0 radical (unpaired) electrons. The van der Waals surface area contributed by atoms with Crippen LogP contribution in [-0.4, -0.2) is 12.7 Å². The molecule has 1 saturated heterocycles. The predicted octanol–water partition coefficient (Wildman–Crippen LogP) is 3.23. The van der Waals surface area contributed by atoms with Crippen LogP contribution < -0.4 is 0 Å². The summed E-state index contributed by atoms with van der Waals surface area (Å²) in [6.45, 7) is 5.12. The first-order chi connectivity index (χ1) is 6.38. The molecular formula is C11H20O2. The summed E-state index contributed by atoms with van der Waals surface area (Å²) < 4.78 is 10.6. The molecule has 2 nitrogen and oxygen atoms in total. The highest BCUT2D eigenvalue weighted by Crippen LogP contribution is 2.31. The second kappa shape index (κ2) is 5.90. The van der Waals surface area contributed by atoms with Crippen LogP contribution in [0.5, 0.6) is 0 Å². The zero-order valence-corrected chi connectivity index (χ0v) is 8.71. The topological polar surface area (TPSA) is 21.8 Å². The van der Waals surface area contributed by atoms with Gasteiger partial charge in [-0.1, -0.05) is 26.7 Å². The van der Waals surface area contributed by atoms with E-state index in [1.807, 2.05) is 0 Å². The maximum atomic E-state index is 5.35. The standard InChI is InChI=1S/C11H20O2/c1-3-5-6-7-10-11(13-10)9-12-8-4-2/h9-10H,3-8H2,1-2H3. The highest BCUT2D eigenvalue weighted by atomic mass is 16.6. The van der Waals surface area contributed by atoms with Crippen molar-refractivity contribution in [1.29, 1.82) is 0 Å². The van der Waals surface area contributed by atoms with E-state index in [0.717, 1.165) is 25.2 Å². The summed E-state index contributed by atoms with van der Waals surface area (Å²) in [5, 5.41) is 0. The molecule has 1 aliphatic rings. The quantitative estimate of drug-likeness (QED) is 0.344. The maximum Gasteiger partial charge on any atom is 0.172 e. The summed E-state index contributed by atoms with van der Waals surface area (Å²) in [5.74, 6) is 1.05. The van der Waals surface area contributed by atoms with Gasteiger partial charge in [0.2, 0.25) is 0 Å². The third-order valence-electron chi connectivity index (χ3n) is 2.13. The zero-order valence-electron chi connectivity index (χ0n) is 8.71. The molecule has 0 amide bonds. The van der Waals surface area contributed by atoms with Crippen LogP contribution >= 0.6 is 0 Å². The Labute approximate surface area is 80.9 Å². The maximum absolute atomic E-state index is 5.35. The van der Waals surface area contributed by atoms with Crippen molar-refractivity contribution >= 4 is 0 Å². The third-order valence-corrected chi connectivity index (χ3v) is 2.13. The van der Waals surface area contributed by atoms with Crippen molar-refractivity contribution in [2.45, 2.75) is 52.1 Å². The SMILES string of the molecule is CCCCCC1OC1=COCCC. The zero-order chi connectivity index (χ0) is 9.52. The third kappa shape index (κ3) is 4.20. The van der Waals surface area contributed by atoms with Crippen molar-refractivity contribution in [2.24, 2.45) is 0 Å². The molecule has 1 heterocycles. The Morgan fingerprint density at radius 3 is 2.85 bits per heavy atom. The number of rotatable bonds is 7. The molecule has 0 N–H and O–H groups in total. The largest absolute Gasteiger partial charge is 0.498 e. The fourth-order valence-corrected chi connectivity index (χ4v) is 1.27. The molecule has 1 fully saturated rings. The van der Waals surface area contributed by atoms with Gasteiger partial charge in [-0.15, -0.1) is 0 Å². The summed E-state index contributed by atoms with van der Waals surface area (Å²) in [4.78, 5) is 0. The highest BCUT2D eigenvalue weighted by molar-refractivity contribution is 5.10. The van der Waals surface area contributed by atoms with Gasteiger partial charge in [-0.3, -0.25) is 0 Å². The van der Waals surface area contributed by atoms with Crippen LogP contribution in [0.25, 0.3) is 0 Å². The van der Waals surface area contributed by atoms with Crippen molar-refractivity contribution in [3.63, 3.8) is 0 Å². The van der Waals surface area contributed by atoms with Crippen LogP contribution in [0, 0.1) is 0 Å². The second-order valence-corrected chi connectivity index (χ2v) is 3.49. The summed E-state index contributed by atoms with van der Waals surface area (Å²) in [6, 6.07) is 0. The first kappa shape index (κ1) is 10.4. The minimum absolute atomic E-state index is 0.378. The fraction of sp³-hybridized carbons (Fsp3) is 0.818. The fourth-order valence-electron chi connectivity index (χ4n) is 1.27. The molecule has 0 aromatic heterocycles. The van der Waals surface area contributed by atoms with Crippen molar-refractivity contribution in [3.05, 3.63) is 12.0 Å². The van der Waals surface area contributed by atoms with E-state index in [-0.39, 0.29) is 0 Å². The number of ether oxygens (including phenoxy) is 2.